The molecule has 0 fully saturated rings. The first-order valence-electron chi connectivity index (χ1n) is 2.74. The molecule has 0 aromatic rings. The molecule has 5 nitrogen and oxygen atoms in total. The molecule has 0 unspecified atom stereocenters. The summed E-state index contributed by atoms with van der Waals surface area (Å²) < 4.78 is 28.2. The zero-order valence-electron chi connectivity index (χ0n) is 6.56. The number of carboxylic acid groups (broad SMARTS) is 1. The molecule has 0 spiro atoms. The van der Waals surface area contributed by atoms with Gasteiger partial charge >= 0.3 is 29.6 Å². The molecule has 0 aliphatic carbocycles. The van der Waals surface area contributed by atoms with Crippen molar-refractivity contribution in [2.75, 3.05) is 5.75 Å². The van der Waals surface area contributed by atoms with Gasteiger partial charge in [0.25, 0.3) is 10.1 Å². The van der Waals surface area contributed by atoms with Crippen LogP contribution in [-0.4, -0.2) is 24.7 Å². The summed E-state index contributed by atoms with van der Waals surface area (Å²) >= 11 is 0. The van der Waals surface area contributed by atoms with Crippen molar-refractivity contribution in [2.45, 2.75) is 6.42 Å². The topological polar surface area (TPSA) is 94.5 Å². The fraction of sp³-hybridized carbons (Fsp3) is 0.400. The van der Waals surface area contributed by atoms with Crippen LogP contribution < -0.4 is 34.7 Å². The summed E-state index contributed by atoms with van der Waals surface area (Å²) in [5, 5.41) is 9.71. The van der Waals surface area contributed by atoms with Crippen molar-refractivity contribution in [1.29, 1.82) is 0 Å². The zero-order chi connectivity index (χ0) is 8.91. The van der Waals surface area contributed by atoms with E-state index in [1.807, 2.05) is 0 Å². The minimum absolute atomic E-state index is 0. The fourth-order valence-corrected chi connectivity index (χ4v) is 0.830. The Kier molecular flexibility index (Phi) is 8.07. The molecule has 0 radical (unpaired) electrons. The van der Waals surface area contributed by atoms with Crippen LogP contribution in [-0.2, 0) is 14.9 Å². The smallest absolute Gasteiger partial charge is 0.545 e. The Bertz CT molecular complexity index is 255. The standard InChI is InChI=1S/C5H8O5S.Na/c6-5(7)3-1-2-4-11(8,9)10;/h1,3H,2,4H2,(H,6,7)(H,8,9,10);/q;+1/p-1. The second kappa shape index (κ2) is 6.62. The van der Waals surface area contributed by atoms with Gasteiger partial charge in [-0.25, -0.2) is 0 Å². The van der Waals surface area contributed by atoms with Crippen molar-refractivity contribution in [3.8, 4) is 0 Å². The number of carbonyl (C=O) groups excluding carboxylic acids is 1. The van der Waals surface area contributed by atoms with E-state index in [-0.39, 0.29) is 36.0 Å². The summed E-state index contributed by atoms with van der Waals surface area (Å²) in [5.41, 5.74) is 0. The van der Waals surface area contributed by atoms with Gasteiger partial charge in [0.2, 0.25) is 0 Å². The maximum absolute atomic E-state index is 10.0. The van der Waals surface area contributed by atoms with Gasteiger partial charge in [0.05, 0.1) is 11.7 Å². The summed E-state index contributed by atoms with van der Waals surface area (Å²) in [7, 11) is -3.99. The van der Waals surface area contributed by atoms with Crippen LogP contribution in [0.25, 0.3) is 0 Å². The molecule has 0 aromatic heterocycles. The van der Waals surface area contributed by atoms with Crippen LogP contribution in [0, 0.1) is 0 Å². The van der Waals surface area contributed by atoms with Gasteiger partial charge in [0, 0.05) is 0 Å². The zero-order valence-corrected chi connectivity index (χ0v) is 9.37. The van der Waals surface area contributed by atoms with E-state index in [1.165, 1.54) is 0 Å². The van der Waals surface area contributed by atoms with E-state index in [1.54, 1.807) is 0 Å². The molecule has 0 saturated heterocycles. The van der Waals surface area contributed by atoms with Crippen LogP contribution >= 0.6 is 0 Å². The Morgan fingerprint density at radius 1 is 1.50 bits per heavy atom. The van der Waals surface area contributed by atoms with Gasteiger partial charge in [0.1, 0.15) is 0 Å². The third-order valence-electron chi connectivity index (χ3n) is 0.796. The van der Waals surface area contributed by atoms with Gasteiger partial charge in [0.15, 0.2) is 0 Å². The Morgan fingerprint density at radius 2 is 2.00 bits per heavy atom. The van der Waals surface area contributed by atoms with Gasteiger partial charge in [-0.3, -0.25) is 4.55 Å². The molecular formula is C5H7NaO5S. The van der Waals surface area contributed by atoms with E-state index >= 15 is 0 Å². The molecule has 1 N–H and O–H groups in total. The Hall–Kier alpha value is 0.120. The summed E-state index contributed by atoms with van der Waals surface area (Å²) in [6.07, 6.45) is 1.78. The SMILES string of the molecule is O=C([O-])C=CCCS(=O)(=O)O.[Na+]. The summed E-state index contributed by atoms with van der Waals surface area (Å²) in [6, 6.07) is 0. The average Bonchev–Trinajstić information content (AvgIpc) is 1.78. The normalized spacial score (nSPS) is 11.1. The molecule has 0 aliphatic rings. The minimum atomic E-state index is -3.99. The molecule has 64 valence electrons. The van der Waals surface area contributed by atoms with Crippen LogP contribution in [0.2, 0.25) is 0 Å². The number of allylic oxidation sites excluding steroid dienone is 1. The Morgan fingerprint density at radius 3 is 2.33 bits per heavy atom. The second-order valence-electron chi connectivity index (χ2n) is 1.80. The molecule has 12 heavy (non-hydrogen) atoms. The molecule has 0 heterocycles. The number of carboxylic acids is 1. The largest absolute Gasteiger partial charge is 1.00 e. The maximum atomic E-state index is 10.0. The van der Waals surface area contributed by atoms with Gasteiger partial charge in [-0.1, -0.05) is 6.08 Å². The number of hydrogen-bond acceptors (Lipinski definition) is 4. The summed E-state index contributed by atoms with van der Waals surface area (Å²) in [6.45, 7) is 0. The van der Waals surface area contributed by atoms with Crippen molar-refractivity contribution in [3.63, 3.8) is 0 Å². The molecule has 7 heteroatoms. The van der Waals surface area contributed by atoms with Crippen LogP contribution in [0.3, 0.4) is 0 Å². The van der Waals surface area contributed by atoms with Gasteiger partial charge in [-0.05, 0) is 12.5 Å². The van der Waals surface area contributed by atoms with E-state index in [2.05, 4.69) is 0 Å². The van der Waals surface area contributed by atoms with E-state index in [4.69, 9.17) is 4.55 Å². The first-order valence-corrected chi connectivity index (χ1v) is 4.35. The Labute approximate surface area is 92.5 Å². The number of carbonyl (C=O) groups is 1. The average molecular weight is 202 g/mol. The van der Waals surface area contributed by atoms with Crippen molar-refractivity contribution in [1.82, 2.24) is 0 Å². The van der Waals surface area contributed by atoms with E-state index in [0.717, 1.165) is 6.08 Å². The number of aliphatic carboxylic acids is 1. The molecule has 0 amide bonds. The van der Waals surface area contributed by atoms with Crippen molar-refractivity contribution in [3.05, 3.63) is 12.2 Å². The Balaban J connectivity index is 0. The van der Waals surface area contributed by atoms with Gasteiger partial charge in [-0.2, -0.15) is 8.42 Å². The van der Waals surface area contributed by atoms with Crippen LogP contribution in [0.4, 0.5) is 0 Å². The first-order chi connectivity index (χ1) is 4.92. The van der Waals surface area contributed by atoms with Gasteiger partial charge < -0.3 is 9.90 Å². The van der Waals surface area contributed by atoms with E-state index < -0.39 is 21.8 Å². The van der Waals surface area contributed by atoms with Crippen LogP contribution in [0.5, 0.6) is 0 Å². The molecule has 0 bridgehead atoms. The minimum Gasteiger partial charge on any atom is -0.545 e. The molecule has 0 aliphatic heterocycles. The second-order valence-corrected chi connectivity index (χ2v) is 3.37. The molecule has 0 aromatic carbocycles. The fourth-order valence-electron chi connectivity index (χ4n) is 0.397. The molecular weight excluding hydrogens is 195 g/mol. The third-order valence-corrected chi connectivity index (χ3v) is 1.55. The predicted octanol–water partition coefficient (Wildman–Crippen LogP) is -4.43. The maximum Gasteiger partial charge on any atom is 1.00 e. The van der Waals surface area contributed by atoms with Crippen LogP contribution in [0.15, 0.2) is 12.2 Å². The monoisotopic (exact) mass is 202 g/mol. The van der Waals surface area contributed by atoms with Crippen molar-refractivity contribution < 1.29 is 52.4 Å². The summed E-state index contributed by atoms with van der Waals surface area (Å²) in [4.78, 5) is 9.71. The van der Waals surface area contributed by atoms with E-state index in [0.29, 0.717) is 6.08 Å². The third kappa shape index (κ3) is 12.8. The van der Waals surface area contributed by atoms with Gasteiger partial charge in [-0.15, -0.1) is 0 Å². The summed E-state index contributed by atoms with van der Waals surface area (Å²) in [5.74, 6) is -1.86. The quantitative estimate of drug-likeness (QED) is 0.282. The number of hydrogen-bond donors (Lipinski definition) is 1. The van der Waals surface area contributed by atoms with Crippen molar-refractivity contribution in [2.24, 2.45) is 0 Å². The van der Waals surface area contributed by atoms with Crippen molar-refractivity contribution >= 4 is 16.1 Å². The predicted molar refractivity (Wildman–Crippen MR) is 35.2 cm³/mol. The van der Waals surface area contributed by atoms with E-state index in [9.17, 15) is 18.3 Å². The van der Waals surface area contributed by atoms with Crippen LogP contribution in [0.1, 0.15) is 6.42 Å². The molecule has 0 rings (SSSR count). The number of rotatable bonds is 4. The molecule has 0 atom stereocenters. The molecule has 0 saturated carbocycles. The first kappa shape index (κ1) is 14.6.